The number of hydrogen-bond donors (Lipinski definition) is 1. The molecule has 1 amide bonds. The van der Waals surface area contributed by atoms with Crippen molar-refractivity contribution in [3.8, 4) is 11.4 Å². The summed E-state index contributed by atoms with van der Waals surface area (Å²) in [5, 5.41) is 5.97. The number of hydrogen-bond acceptors (Lipinski definition) is 5. The van der Waals surface area contributed by atoms with Crippen molar-refractivity contribution in [2.24, 2.45) is 0 Å². The van der Waals surface area contributed by atoms with Gasteiger partial charge in [-0.1, -0.05) is 29.4 Å². The smallest absolute Gasteiger partial charge is 0.333 e. The van der Waals surface area contributed by atoms with E-state index < -0.39 is 12.1 Å². The number of alkyl halides is 3. The largest absolute Gasteiger partial charge is 0.471 e. The third-order valence-electron chi connectivity index (χ3n) is 3.06. The SMILES string of the molecule is O=C(NCc1ccc(-c2noc(C(F)(F)F)n2)cc1)n1ccnc1. The van der Waals surface area contributed by atoms with Gasteiger partial charge in [-0.25, -0.2) is 9.78 Å². The molecule has 3 rings (SSSR count). The zero-order valence-electron chi connectivity index (χ0n) is 12.0. The van der Waals surface area contributed by atoms with Crippen LogP contribution in [0.1, 0.15) is 11.5 Å². The normalized spacial score (nSPS) is 11.5. The van der Waals surface area contributed by atoms with E-state index >= 15 is 0 Å². The van der Waals surface area contributed by atoms with Crippen LogP contribution in [-0.2, 0) is 12.7 Å². The molecular formula is C14H10F3N5O2. The zero-order chi connectivity index (χ0) is 17.2. The molecule has 1 N–H and O–H groups in total. The zero-order valence-corrected chi connectivity index (χ0v) is 12.0. The van der Waals surface area contributed by atoms with Gasteiger partial charge in [0.15, 0.2) is 0 Å². The second-order valence-electron chi connectivity index (χ2n) is 4.75. The number of nitrogens with one attached hydrogen (secondary N) is 1. The number of halogens is 3. The van der Waals surface area contributed by atoms with E-state index in [0.717, 1.165) is 5.56 Å². The Bertz CT molecular complexity index is 825. The van der Waals surface area contributed by atoms with Crippen LogP contribution in [0.5, 0.6) is 0 Å². The Kier molecular flexibility index (Phi) is 4.02. The van der Waals surface area contributed by atoms with E-state index in [1.807, 2.05) is 0 Å². The molecule has 0 aliphatic rings. The van der Waals surface area contributed by atoms with Gasteiger partial charge in [0.25, 0.3) is 0 Å². The van der Waals surface area contributed by atoms with E-state index in [1.165, 1.54) is 23.3 Å². The number of imidazole rings is 1. The average molecular weight is 337 g/mol. The summed E-state index contributed by atoms with van der Waals surface area (Å²) in [6, 6.07) is 6.04. The molecule has 0 fully saturated rings. The Morgan fingerprint density at radius 1 is 1.25 bits per heavy atom. The standard InChI is InChI=1S/C14H10F3N5O2/c15-14(16,17)12-20-11(21-24-12)10-3-1-9(2-4-10)7-19-13(23)22-6-5-18-8-22/h1-6,8H,7H2,(H,19,23). The van der Waals surface area contributed by atoms with Gasteiger partial charge in [-0.2, -0.15) is 18.2 Å². The van der Waals surface area contributed by atoms with E-state index in [1.54, 1.807) is 24.3 Å². The molecule has 24 heavy (non-hydrogen) atoms. The summed E-state index contributed by atoms with van der Waals surface area (Å²) < 4.78 is 42.8. The molecular weight excluding hydrogens is 327 g/mol. The Hall–Kier alpha value is -3.17. The number of carbonyl (C=O) groups excluding carboxylic acids is 1. The van der Waals surface area contributed by atoms with Gasteiger partial charge in [-0.15, -0.1) is 0 Å². The molecule has 0 spiro atoms. The molecule has 0 aliphatic heterocycles. The first kappa shape index (κ1) is 15.7. The van der Waals surface area contributed by atoms with Crippen molar-refractivity contribution in [1.82, 2.24) is 25.0 Å². The van der Waals surface area contributed by atoms with Crippen LogP contribution in [0.3, 0.4) is 0 Å². The molecule has 124 valence electrons. The number of nitrogens with zero attached hydrogens (tertiary/aromatic N) is 4. The van der Waals surface area contributed by atoms with Crippen LogP contribution in [0.2, 0.25) is 0 Å². The highest BCUT2D eigenvalue weighted by atomic mass is 19.4. The lowest BCUT2D eigenvalue weighted by Gasteiger charge is -2.05. The predicted molar refractivity (Wildman–Crippen MR) is 74.6 cm³/mol. The van der Waals surface area contributed by atoms with Crippen molar-refractivity contribution in [2.45, 2.75) is 12.7 Å². The summed E-state index contributed by atoms with van der Waals surface area (Å²) in [7, 11) is 0. The molecule has 7 nitrogen and oxygen atoms in total. The van der Waals surface area contributed by atoms with Crippen molar-refractivity contribution in [3.63, 3.8) is 0 Å². The van der Waals surface area contributed by atoms with Gasteiger partial charge in [-0.3, -0.25) is 4.57 Å². The molecule has 0 bridgehead atoms. The molecule has 0 aliphatic carbocycles. The summed E-state index contributed by atoms with van der Waals surface area (Å²) >= 11 is 0. The first-order valence-corrected chi connectivity index (χ1v) is 6.70. The van der Waals surface area contributed by atoms with Gasteiger partial charge < -0.3 is 9.84 Å². The summed E-state index contributed by atoms with van der Waals surface area (Å²) in [4.78, 5) is 18.8. The van der Waals surface area contributed by atoms with E-state index in [4.69, 9.17) is 0 Å². The maximum absolute atomic E-state index is 12.4. The fourth-order valence-corrected chi connectivity index (χ4v) is 1.88. The third kappa shape index (κ3) is 3.42. The van der Waals surface area contributed by atoms with Crippen molar-refractivity contribution >= 4 is 6.03 Å². The molecule has 1 aromatic carbocycles. The van der Waals surface area contributed by atoms with E-state index in [0.29, 0.717) is 5.56 Å². The van der Waals surface area contributed by atoms with Gasteiger partial charge >= 0.3 is 18.1 Å². The summed E-state index contributed by atoms with van der Waals surface area (Å²) in [5.41, 5.74) is 1.13. The number of carbonyl (C=O) groups is 1. The molecule has 10 heteroatoms. The van der Waals surface area contributed by atoms with Gasteiger partial charge in [0.05, 0.1) is 0 Å². The van der Waals surface area contributed by atoms with Crippen LogP contribution in [0.4, 0.5) is 18.0 Å². The Morgan fingerprint density at radius 3 is 2.58 bits per heavy atom. The number of aromatic nitrogens is 4. The first-order chi connectivity index (χ1) is 11.4. The maximum Gasteiger partial charge on any atom is 0.471 e. The topological polar surface area (TPSA) is 85.8 Å². The van der Waals surface area contributed by atoms with Crippen LogP contribution >= 0.6 is 0 Å². The fraction of sp³-hybridized carbons (Fsp3) is 0.143. The first-order valence-electron chi connectivity index (χ1n) is 6.70. The highest BCUT2D eigenvalue weighted by molar-refractivity contribution is 5.76. The lowest BCUT2D eigenvalue weighted by molar-refractivity contribution is -0.159. The lowest BCUT2D eigenvalue weighted by atomic mass is 10.1. The quantitative estimate of drug-likeness (QED) is 0.794. The highest BCUT2D eigenvalue weighted by Gasteiger charge is 2.38. The second-order valence-corrected chi connectivity index (χ2v) is 4.75. The van der Waals surface area contributed by atoms with Crippen molar-refractivity contribution in [1.29, 1.82) is 0 Å². The minimum Gasteiger partial charge on any atom is -0.333 e. The molecule has 0 saturated heterocycles. The van der Waals surface area contributed by atoms with E-state index in [2.05, 4.69) is 25.0 Å². The van der Waals surface area contributed by atoms with Crippen LogP contribution in [-0.4, -0.2) is 25.7 Å². The molecule has 2 heterocycles. The van der Waals surface area contributed by atoms with Crippen LogP contribution < -0.4 is 5.32 Å². The summed E-state index contributed by atoms with van der Waals surface area (Å²) in [5.74, 6) is -1.55. The maximum atomic E-state index is 12.4. The molecule has 0 unspecified atom stereocenters. The van der Waals surface area contributed by atoms with Crippen LogP contribution in [0, 0.1) is 0 Å². The summed E-state index contributed by atoms with van der Waals surface area (Å²) in [6.45, 7) is 0.247. The third-order valence-corrected chi connectivity index (χ3v) is 3.06. The Balaban J connectivity index is 1.65. The molecule has 3 aromatic rings. The molecule has 0 saturated carbocycles. The minimum atomic E-state index is -4.68. The minimum absolute atomic E-state index is 0.156. The monoisotopic (exact) mass is 337 g/mol. The van der Waals surface area contributed by atoms with Crippen molar-refractivity contribution in [2.75, 3.05) is 0 Å². The van der Waals surface area contributed by atoms with Gasteiger partial charge in [0.2, 0.25) is 5.82 Å². The Labute approximate surface area is 133 Å². The van der Waals surface area contributed by atoms with Gasteiger partial charge in [0, 0.05) is 24.5 Å². The molecule has 2 aromatic heterocycles. The number of rotatable bonds is 3. The average Bonchev–Trinajstić information content (AvgIpc) is 3.23. The second kappa shape index (κ2) is 6.14. The number of amides is 1. The van der Waals surface area contributed by atoms with Crippen LogP contribution in [0.25, 0.3) is 11.4 Å². The fourth-order valence-electron chi connectivity index (χ4n) is 1.88. The Morgan fingerprint density at radius 2 is 2.00 bits per heavy atom. The predicted octanol–water partition coefficient (Wildman–Crippen LogP) is 2.71. The summed E-state index contributed by atoms with van der Waals surface area (Å²) in [6.07, 6.45) is -0.322. The van der Waals surface area contributed by atoms with Gasteiger partial charge in [-0.05, 0) is 5.56 Å². The highest BCUT2D eigenvalue weighted by Crippen LogP contribution is 2.29. The lowest BCUT2D eigenvalue weighted by Crippen LogP contribution is -2.26. The van der Waals surface area contributed by atoms with E-state index in [-0.39, 0.29) is 18.4 Å². The van der Waals surface area contributed by atoms with Crippen molar-refractivity contribution < 1.29 is 22.5 Å². The van der Waals surface area contributed by atoms with E-state index in [9.17, 15) is 18.0 Å². The molecule has 0 radical (unpaired) electrons. The number of benzene rings is 1. The van der Waals surface area contributed by atoms with Gasteiger partial charge in [0.1, 0.15) is 6.33 Å². The van der Waals surface area contributed by atoms with Crippen LogP contribution in [0.15, 0.2) is 47.5 Å². The molecule has 0 atom stereocenters. The van der Waals surface area contributed by atoms with Crippen molar-refractivity contribution in [3.05, 3.63) is 54.4 Å².